The molecule has 1 unspecified atom stereocenters. The molecular weight excluding hydrogens is 180 g/mol. The highest BCUT2D eigenvalue weighted by atomic mass is 16.5. The zero-order valence-electron chi connectivity index (χ0n) is 9.29. The largest absolute Gasteiger partial charge is 0.383 e. The van der Waals surface area contributed by atoms with Crippen molar-refractivity contribution in [3.8, 4) is 0 Å². The van der Waals surface area contributed by atoms with Gasteiger partial charge in [0.05, 0.1) is 25.4 Å². The summed E-state index contributed by atoms with van der Waals surface area (Å²) in [6, 6.07) is 0. The van der Waals surface area contributed by atoms with Crippen molar-refractivity contribution >= 4 is 0 Å². The second-order valence-electron chi connectivity index (χ2n) is 3.81. The number of hydrogen-bond donors (Lipinski definition) is 1. The molecule has 0 amide bonds. The monoisotopic (exact) mass is 202 g/mol. The highest BCUT2D eigenvalue weighted by molar-refractivity contribution is 4.91. The fourth-order valence-corrected chi connectivity index (χ4v) is 2.06. The summed E-state index contributed by atoms with van der Waals surface area (Å²) in [5, 5.41) is 0. The maximum atomic E-state index is 5.87. The number of nitrogens with zero attached hydrogens (tertiary/aromatic N) is 1. The van der Waals surface area contributed by atoms with Gasteiger partial charge in [-0.05, 0) is 6.42 Å². The van der Waals surface area contributed by atoms with E-state index in [2.05, 4.69) is 11.8 Å². The summed E-state index contributed by atoms with van der Waals surface area (Å²) in [5.74, 6) is 0. The molecule has 1 heterocycles. The number of hydrogen-bond acceptors (Lipinski definition) is 4. The van der Waals surface area contributed by atoms with Crippen LogP contribution in [0.15, 0.2) is 0 Å². The van der Waals surface area contributed by atoms with E-state index in [0.29, 0.717) is 13.2 Å². The van der Waals surface area contributed by atoms with Crippen LogP contribution in [0.2, 0.25) is 0 Å². The van der Waals surface area contributed by atoms with Crippen molar-refractivity contribution in [3.05, 3.63) is 0 Å². The summed E-state index contributed by atoms with van der Waals surface area (Å²) in [7, 11) is 1.74. The fraction of sp³-hybridized carbons (Fsp3) is 1.00. The third-order valence-corrected chi connectivity index (χ3v) is 3.13. The van der Waals surface area contributed by atoms with Crippen LogP contribution in [-0.4, -0.2) is 57.0 Å². The standard InChI is InChI=1S/C10H22N2O2/c1-3-10(8-11,9-13-2)12-4-6-14-7-5-12/h3-9,11H2,1-2H3. The summed E-state index contributed by atoms with van der Waals surface area (Å²) >= 11 is 0. The van der Waals surface area contributed by atoms with Gasteiger partial charge in [0.2, 0.25) is 0 Å². The number of nitrogens with two attached hydrogens (primary N) is 1. The zero-order chi connectivity index (χ0) is 10.4. The average Bonchev–Trinajstić information content (AvgIpc) is 2.27. The second kappa shape index (κ2) is 5.66. The van der Waals surface area contributed by atoms with Crippen LogP contribution >= 0.6 is 0 Å². The lowest BCUT2D eigenvalue weighted by molar-refractivity contribution is -0.0498. The molecule has 0 radical (unpaired) electrons. The van der Waals surface area contributed by atoms with E-state index < -0.39 is 0 Å². The Bertz CT molecular complexity index is 154. The molecule has 0 bridgehead atoms. The molecule has 2 N–H and O–H groups in total. The zero-order valence-corrected chi connectivity index (χ0v) is 9.29. The minimum absolute atomic E-state index is 0.0124. The average molecular weight is 202 g/mol. The van der Waals surface area contributed by atoms with E-state index in [1.807, 2.05) is 0 Å². The molecule has 0 saturated carbocycles. The summed E-state index contributed by atoms with van der Waals surface area (Å²) in [5.41, 5.74) is 5.89. The maximum absolute atomic E-state index is 5.87. The van der Waals surface area contributed by atoms with Gasteiger partial charge in [-0.1, -0.05) is 6.92 Å². The van der Waals surface area contributed by atoms with Crippen LogP contribution in [0.3, 0.4) is 0 Å². The molecule has 1 saturated heterocycles. The first-order valence-electron chi connectivity index (χ1n) is 5.31. The predicted molar refractivity (Wildman–Crippen MR) is 56.3 cm³/mol. The van der Waals surface area contributed by atoms with E-state index in [1.165, 1.54) is 0 Å². The molecular formula is C10H22N2O2. The lowest BCUT2D eigenvalue weighted by Gasteiger charge is -2.44. The smallest absolute Gasteiger partial charge is 0.0658 e. The van der Waals surface area contributed by atoms with Crippen molar-refractivity contribution in [1.82, 2.24) is 4.90 Å². The van der Waals surface area contributed by atoms with E-state index in [1.54, 1.807) is 7.11 Å². The molecule has 1 aliphatic heterocycles. The van der Waals surface area contributed by atoms with Crippen molar-refractivity contribution in [2.24, 2.45) is 5.73 Å². The summed E-state index contributed by atoms with van der Waals surface area (Å²) in [6.45, 7) is 7.08. The van der Waals surface area contributed by atoms with Gasteiger partial charge in [0.15, 0.2) is 0 Å². The molecule has 4 heteroatoms. The van der Waals surface area contributed by atoms with Crippen LogP contribution in [0.5, 0.6) is 0 Å². The first kappa shape index (κ1) is 11.9. The van der Waals surface area contributed by atoms with Gasteiger partial charge in [0, 0.05) is 26.7 Å². The Balaban J connectivity index is 2.62. The van der Waals surface area contributed by atoms with Crippen molar-refractivity contribution in [3.63, 3.8) is 0 Å². The minimum atomic E-state index is 0.0124. The number of morpholine rings is 1. The van der Waals surface area contributed by atoms with Crippen molar-refractivity contribution in [2.75, 3.05) is 46.6 Å². The molecule has 1 fully saturated rings. The van der Waals surface area contributed by atoms with Gasteiger partial charge in [0.25, 0.3) is 0 Å². The van der Waals surface area contributed by atoms with Gasteiger partial charge >= 0.3 is 0 Å². The van der Waals surface area contributed by atoms with Crippen molar-refractivity contribution in [1.29, 1.82) is 0 Å². The lowest BCUT2D eigenvalue weighted by atomic mass is 9.94. The Labute approximate surface area is 86.3 Å². The quantitative estimate of drug-likeness (QED) is 0.685. The van der Waals surface area contributed by atoms with E-state index in [-0.39, 0.29) is 5.54 Å². The molecule has 0 aromatic heterocycles. The van der Waals surface area contributed by atoms with Gasteiger partial charge in [0.1, 0.15) is 0 Å². The van der Waals surface area contributed by atoms with E-state index >= 15 is 0 Å². The number of ether oxygens (including phenoxy) is 2. The molecule has 1 atom stereocenters. The first-order chi connectivity index (χ1) is 6.79. The molecule has 1 rings (SSSR count). The van der Waals surface area contributed by atoms with Crippen molar-refractivity contribution in [2.45, 2.75) is 18.9 Å². The maximum Gasteiger partial charge on any atom is 0.0658 e. The third kappa shape index (κ3) is 2.45. The number of rotatable bonds is 5. The Morgan fingerprint density at radius 3 is 2.50 bits per heavy atom. The molecule has 84 valence electrons. The third-order valence-electron chi connectivity index (χ3n) is 3.13. The van der Waals surface area contributed by atoms with E-state index in [9.17, 15) is 0 Å². The van der Waals surface area contributed by atoms with Gasteiger partial charge in [-0.15, -0.1) is 0 Å². The molecule has 4 nitrogen and oxygen atoms in total. The lowest BCUT2D eigenvalue weighted by Crippen LogP contribution is -2.59. The van der Waals surface area contributed by atoms with Crippen molar-refractivity contribution < 1.29 is 9.47 Å². The van der Waals surface area contributed by atoms with Crippen LogP contribution in [0.25, 0.3) is 0 Å². The Morgan fingerprint density at radius 2 is 2.07 bits per heavy atom. The highest BCUT2D eigenvalue weighted by Gasteiger charge is 2.34. The molecule has 14 heavy (non-hydrogen) atoms. The summed E-state index contributed by atoms with van der Waals surface area (Å²) in [4.78, 5) is 2.40. The molecule has 0 aliphatic carbocycles. The predicted octanol–water partition coefficient (Wildman–Crippen LogP) is 0.0725. The van der Waals surface area contributed by atoms with Gasteiger partial charge < -0.3 is 15.2 Å². The summed E-state index contributed by atoms with van der Waals surface area (Å²) < 4.78 is 10.6. The van der Waals surface area contributed by atoms with Crippen LogP contribution in [0, 0.1) is 0 Å². The summed E-state index contributed by atoms with van der Waals surface area (Å²) in [6.07, 6.45) is 1.03. The van der Waals surface area contributed by atoms with Gasteiger partial charge in [-0.2, -0.15) is 0 Å². The normalized spacial score (nSPS) is 23.4. The SMILES string of the molecule is CCC(CN)(COC)N1CCOCC1. The minimum Gasteiger partial charge on any atom is -0.383 e. The van der Waals surface area contributed by atoms with E-state index in [0.717, 1.165) is 32.7 Å². The van der Waals surface area contributed by atoms with E-state index in [4.69, 9.17) is 15.2 Å². The Morgan fingerprint density at radius 1 is 1.43 bits per heavy atom. The molecule has 1 aliphatic rings. The Kier molecular flexibility index (Phi) is 4.81. The number of methoxy groups -OCH3 is 1. The highest BCUT2D eigenvalue weighted by Crippen LogP contribution is 2.20. The van der Waals surface area contributed by atoms with Crippen LogP contribution in [-0.2, 0) is 9.47 Å². The van der Waals surface area contributed by atoms with Gasteiger partial charge in [-0.25, -0.2) is 0 Å². The molecule has 0 aromatic carbocycles. The molecule has 0 spiro atoms. The first-order valence-corrected chi connectivity index (χ1v) is 5.31. The Hall–Kier alpha value is -0.160. The van der Waals surface area contributed by atoms with Crippen LogP contribution in [0.1, 0.15) is 13.3 Å². The topological polar surface area (TPSA) is 47.7 Å². The van der Waals surface area contributed by atoms with Crippen LogP contribution < -0.4 is 5.73 Å². The van der Waals surface area contributed by atoms with Crippen LogP contribution in [0.4, 0.5) is 0 Å². The van der Waals surface area contributed by atoms with Gasteiger partial charge in [-0.3, -0.25) is 4.90 Å². The fourth-order valence-electron chi connectivity index (χ4n) is 2.06. The molecule has 0 aromatic rings. The second-order valence-corrected chi connectivity index (χ2v) is 3.81.